The van der Waals surface area contributed by atoms with Gasteiger partial charge in [0.2, 0.25) is 5.89 Å². The third-order valence-electron chi connectivity index (χ3n) is 4.34. The minimum atomic E-state index is -0.807. The first-order valence-electron chi connectivity index (χ1n) is 7.72. The number of aromatic nitrogens is 1. The van der Waals surface area contributed by atoms with Gasteiger partial charge in [0.25, 0.3) is 5.91 Å². The molecule has 8 heteroatoms. The summed E-state index contributed by atoms with van der Waals surface area (Å²) in [5, 5.41) is 0. The second-order valence-electron chi connectivity index (χ2n) is 5.93. The van der Waals surface area contributed by atoms with Crippen LogP contribution in [0, 0.1) is 11.6 Å². The third kappa shape index (κ3) is 3.03. The van der Waals surface area contributed by atoms with E-state index >= 15 is 0 Å². The minimum Gasteiger partial charge on any atom is -0.443 e. The van der Waals surface area contributed by atoms with Gasteiger partial charge in [-0.05, 0) is 18.6 Å². The van der Waals surface area contributed by atoms with E-state index in [9.17, 15) is 13.6 Å². The van der Waals surface area contributed by atoms with Crippen LogP contribution >= 0.6 is 0 Å². The van der Waals surface area contributed by atoms with Gasteiger partial charge in [0, 0.05) is 20.8 Å². The molecule has 1 saturated heterocycles. The second-order valence-corrected chi connectivity index (χ2v) is 5.93. The zero-order valence-corrected chi connectivity index (χ0v) is 13.9. The molecule has 1 aromatic heterocycles. The van der Waals surface area contributed by atoms with E-state index in [0.717, 1.165) is 24.8 Å². The molecule has 1 aromatic carbocycles. The van der Waals surface area contributed by atoms with Gasteiger partial charge in [-0.25, -0.2) is 13.8 Å². The Labute approximate surface area is 143 Å². The molecule has 2 heterocycles. The van der Waals surface area contributed by atoms with E-state index in [0.29, 0.717) is 19.8 Å². The largest absolute Gasteiger partial charge is 0.443 e. The Morgan fingerprint density at radius 1 is 1.28 bits per heavy atom. The number of carbonyl (C=O) groups excluding carboxylic acids is 1. The van der Waals surface area contributed by atoms with Gasteiger partial charge < -0.3 is 18.8 Å². The molecule has 1 amide bonds. The molecule has 0 bridgehead atoms. The zero-order chi connectivity index (χ0) is 18.0. The Morgan fingerprint density at radius 3 is 2.44 bits per heavy atom. The van der Waals surface area contributed by atoms with Crippen molar-refractivity contribution in [2.75, 3.05) is 34.0 Å². The zero-order valence-electron chi connectivity index (χ0n) is 13.9. The van der Waals surface area contributed by atoms with Crippen molar-refractivity contribution in [2.24, 2.45) is 0 Å². The maximum absolute atomic E-state index is 13.8. The standard InChI is InChI=1S/C17H18F2N2O4/c1-23-9-17(10-24-2)6-7-21(17)16(22)13-8-25-15(20-13)14-11(18)4-3-5-12(14)19/h3-5,8H,6-7,9-10H2,1-2H3. The minimum absolute atomic E-state index is 0.0195. The molecule has 0 unspecified atom stereocenters. The molecule has 1 aliphatic heterocycles. The van der Waals surface area contributed by atoms with E-state index < -0.39 is 28.6 Å². The lowest BCUT2D eigenvalue weighted by molar-refractivity contribution is -0.0817. The average molecular weight is 352 g/mol. The van der Waals surface area contributed by atoms with Crippen molar-refractivity contribution >= 4 is 5.91 Å². The smallest absolute Gasteiger partial charge is 0.276 e. The van der Waals surface area contributed by atoms with Crippen molar-refractivity contribution in [1.82, 2.24) is 9.88 Å². The van der Waals surface area contributed by atoms with E-state index in [2.05, 4.69) is 4.98 Å². The quantitative estimate of drug-likeness (QED) is 0.799. The number of ether oxygens (including phenoxy) is 2. The molecule has 0 N–H and O–H groups in total. The van der Waals surface area contributed by atoms with Crippen molar-refractivity contribution in [3.8, 4) is 11.5 Å². The maximum Gasteiger partial charge on any atom is 0.276 e. The second kappa shape index (κ2) is 6.89. The van der Waals surface area contributed by atoms with E-state index in [1.165, 1.54) is 6.07 Å². The van der Waals surface area contributed by atoms with Crippen molar-refractivity contribution in [3.05, 3.63) is 41.8 Å². The summed E-state index contributed by atoms with van der Waals surface area (Å²) in [6.07, 6.45) is 1.83. The Bertz CT molecular complexity index is 752. The monoisotopic (exact) mass is 352 g/mol. The first-order valence-corrected chi connectivity index (χ1v) is 7.72. The molecule has 0 aliphatic carbocycles. The van der Waals surface area contributed by atoms with Crippen LogP contribution in [-0.2, 0) is 9.47 Å². The van der Waals surface area contributed by atoms with Gasteiger partial charge in [0.05, 0.1) is 18.8 Å². The molecule has 0 atom stereocenters. The number of rotatable bonds is 6. The fraction of sp³-hybridized carbons (Fsp3) is 0.412. The van der Waals surface area contributed by atoms with Crippen LogP contribution in [0.2, 0.25) is 0 Å². The van der Waals surface area contributed by atoms with Crippen molar-refractivity contribution in [1.29, 1.82) is 0 Å². The normalized spacial score (nSPS) is 15.9. The van der Waals surface area contributed by atoms with Crippen LogP contribution in [0.1, 0.15) is 16.9 Å². The predicted octanol–water partition coefficient (Wildman–Crippen LogP) is 2.50. The number of nitrogens with zero attached hydrogens (tertiary/aromatic N) is 2. The first-order chi connectivity index (χ1) is 12.0. The first kappa shape index (κ1) is 17.5. The number of oxazole rings is 1. The van der Waals surface area contributed by atoms with Gasteiger partial charge in [-0.3, -0.25) is 4.79 Å². The molecule has 134 valence electrons. The Hall–Kier alpha value is -2.32. The topological polar surface area (TPSA) is 64.8 Å². The van der Waals surface area contributed by atoms with Crippen LogP contribution in [0.4, 0.5) is 8.78 Å². The van der Waals surface area contributed by atoms with Crippen LogP contribution in [0.15, 0.2) is 28.9 Å². The summed E-state index contributed by atoms with van der Waals surface area (Å²) in [4.78, 5) is 18.3. The Morgan fingerprint density at radius 2 is 1.92 bits per heavy atom. The van der Waals surface area contributed by atoms with E-state index in [1.807, 2.05) is 0 Å². The highest BCUT2D eigenvalue weighted by Crippen LogP contribution is 2.33. The third-order valence-corrected chi connectivity index (χ3v) is 4.34. The summed E-state index contributed by atoms with van der Waals surface area (Å²) in [7, 11) is 3.10. The summed E-state index contributed by atoms with van der Waals surface area (Å²) >= 11 is 0. The highest BCUT2D eigenvalue weighted by atomic mass is 19.1. The predicted molar refractivity (Wildman–Crippen MR) is 84.0 cm³/mol. The van der Waals surface area contributed by atoms with Gasteiger partial charge in [0.15, 0.2) is 5.69 Å². The average Bonchev–Trinajstić information content (AvgIpc) is 3.03. The molecule has 1 fully saturated rings. The van der Waals surface area contributed by atoms with Gasteiger partial charge in [-0.2, -0.15) is 0 Å². The molecule has 1 aliphatic rings. The fourth-order valence-corrected chi connectivity index (χ4v) is 3.06. The Kier molecular flexibility index (Phi) is 4.82. The molecular weight excluding hydrogens is 334 g/mol. The van der Waals surface area contributed by atoms with Crippen LogP contribution in [0.25, 0.3) is 11.5 Å². The van der Waals surface area contributed by atoms with Gasteiger partial charge >= 0.3 is 0 Å². The molecule has 0 spiro atoms. The van der Waals surface area contributed by atoms with Crippen LogP contribution in [-0.4, -0.2) is 55.3 Å². The number of hydrogen-bond donors (Lipinski definition) is 0. The number of carbonyl (C=O) groups is 1. The molecule has 3 rings (SSSR count). The van der Waals surface area contributed by atoms with Gasteiger partial charge in [0.1, 0.15) is 23.5 Å². The summed E-state index contributed by atoms with van der Waals surface area (Å²) in [5.74, 6) is -2.29. The number of amides is 1. The Balaban J connectivity index is 1.86. The maximum atomic E-state index is 13.8. The van der Waals surface area contributed by atoms with Gasteiger partial charge in [-0.15, -0.1) is 0 Å². The number of benzene rings is 1. The molecule has 0 saturated carbocycles. The summed E-state index contributed by atoms with van der Waals surface area (Å²) in [5.41, 5.74) is -0.984. The van der Waals surface area contributed by atoms with E-state index in [-0.39, 0.29) is 11.6 Å². The highest BCUT2D eigenvalue weighted by molar-refractivity contribution is 5.93. The number of halogens is 2. The highest BCUT2D eigenvalue weighted by Gasteiger charge is 2.48. The molecule has 2 aromatic rings. The summed E-state index contributed by atoms with van der Waals surface area (Å²) < 4.78 is 43.2. The lowest BCUT2D eigenvalue weighted by atomic mass is 9.85. The summed E-state index contributed by atoms with van der Waals surface area (Å²) in [6.45, 7) is 1.15. The van der Waals surface area contributed by atoms with Crippen molar-refractivity contribution in [3.63, 3.8) is 0 Å². The molecule has 0 radical (unpaired) electrons. The van der Waals surface area contributed by atoms with Crippen LogP contribution in [0.3, 0.4) is 0 Å². The van der Waals surface area contributed by atoms with E-state index in [1.54, 1.807) is 19.1 Å². The molecular formula is C17H18F2N2O4. The number of hydrogen-bond acceptors (Lipinski definition) is 5. The fourth-order valence-electron chi connectivity index (χ4n) is 3.06. The SMILES string of the molecule is COCC1(COC)CCN1C(=O)c1coc(-c2c(F)cccc2F)n1. The van der Waals surface area contributed by atoms with Gasteiger partial charge in [-0.1, -0.05) is 6.07 Å². The molecule has 6 nitrogen and oxygen atoms in total. The van der Waals surface area contributed by atoms with E-state index in [4.69, 9.17) is 13.9 Å². The van der Waals surface area contributed by atoms with Crippen molar-refractivity contribution < 1.29 is 27.5 Å². The lowest BCUT2D eigenvalue weighted by Gasteiger charge is -2.51. The van der Waals surface area contributed by atoms with Crippen LogP contribution < -0.4 is 0 Å². The number of methoxy groups -OCH3 is 2. The lowest BCUT2D eigenvalue weighted by Crippen LogP contribution is -2.66. The summed E-state index contributed by atoms with van der Waals surface area (Å²) in [6, 6.07) is 3.44. The van der Waals surface area contributed by atoms with Crippen molar-refractivity contribution in [2.45, 2.75) is 12.0 Å². The number of likely N-dealkylation sites (tertiary alicyclic amines) is 1. The molecule has 25 heavy (non-hydrogen) atoms. The van der Waals surface area contributed by atoms with Crippen LogP contribution in [0.5, 0.6) is 0 Å².